The number of fused-ring (bicyclic) bond motifs is 1. The van der Waals surface area contributed by atoms with Crippen LogP contribution in [0.5, 0.6) is 0 Å². The average Bonchev–Trinajstić information content (AvgIpc) is 3.20. The Bertz CT molecular complexity index is 920. The number of aryl methyl sites for hydroxylation is 1. The van der Waals surface area contributed by atoms with E-state index in [2.05, 4.69) is 10.3 Å². The molecule has 1 saturated carbocycles. The minimum atomic E-state index is -0.440. The summed E-state index contributed by atoms with van der Waals surface area (Å²) >= 11 is 1.45. The van der Waals surface area contributed by atoms with Crippen LogP contribution in [-0.4, -0.2) is 15.5 Å². The number of nitrogens with one attached hydrogen (secondary N) is 1. The molecule has 1 aliphatic rings. The van der Waals surface area contributed by atoms with Crippen LogP contribution in [0.15, 0.2) is 38.9 Å². The number of benzene rings is 1. The Kier molecular flexibility index (Phi) is 3.49. The number of rotatable bonds is 5. The van der Waals surface area contributed by atoms with Gasteiger partial charge in [-0.1, -0.05) is 12.1 Å². The van der Waals surface area contributed by atoms with E-state index in [1.54, 1.807) is 12.1 Å². The second kappa shape index (κ2) is 5.66. The lowest BCUT2D eigenvalue weighted by molar-refractivity contribution is -0.116. The van der Waals surface area contributed by atoms with Crippen LogP contribution < -0.4 is 11.1 Å². The summed E-state index contributed by atoms with van der Waals surface area (Å²) < 4.78 is 6.63. The monoisotopic (exact) mass is 329 g/mol. The fourth-order valence-electron chi connectivity index (χ4n) is 2.53. The molecule has 7 heteroatoms. The number of hydrogen-bond acceptors (Lipinski definition) is 5. The van der Waals surface area contributed by atoms with Gasteiger partial charge in [0.2, 0.25) is 5.91 Å². The summed E-state index contributed by atoms with van der Waals surface area (Å²) in [6.07, 6.45) is 2.57. The second-order valence-corrected chi connectivity index (χ2v) is 6.50. The van der Waals surface area contributed by atoms with Gasteiger partial charge >= 0.3 is 5.76 Å². The Balaban J connectivity index is 1.42. The molecule has 3 aromatic rings. The number of amides is 1. The molecule has 0 bridgehead atoms. The van der Waals surface area contributed by atoms with Crippen LogP contribution >= 0.6 is 11.3 Å². The third kappa shape index (κ3) is 2.92. The summed E-state index contributed by atoms with van der Waals surface area (Å²) in [5.41, 5.74) is 2.31. The minimum absolute atomic E-state index is 0.154. The number of oxazole rings is 1. The Morgan fingerprint density at radius 2 is 2.22 bits per heavy atom. The van der Waals surface area contributed by atoms with Gasteiger partial charge in [0.15, 0.2) is 10.7 Å². The predicted octanol–water partition coefficient (Wildman–Crippen LogP) is 2.96. The van der Waals surface area contributed by atoms with Gasteiger partial charge in [0.1, 0.15) is 0 Å². The van der Waals surface area contributed by atoms with Gasteiger partial charge in [-0.3, -0.25) is 9.36 Å². The van der Waals surface area contributed by atoms with E-state index in [1.807, 2.05) is 17.5 Å². The van der Waals surface area contributed by atoms with E-state index in [9.17, 15) is 9.59 Å². The van der Waals surface area contributed by atoms with E-state index in [4.69, 9.17) is 4.42 Å². The van der Waals surface area contributed by atoms with Crippen LogP contribution in [0.1, 0.15) is 30.9 Å². The Morgan fingerprint density at radius 3 is 3.04 bits per heavy atom. The Labute approximate surface area is 135 Å². The standard InChI is InChI=1S/C16H15N3O3S/c20-14(18-15-17-11(9-23-15)10-5-6-10)7-8-19-12-3-1-2-4-13(12)22-16(19)21/h1-4,9-10H,5-8H2,(H,17,18,20). The van der Waals surface area contributed by atoms with Gasteiger partial charge < -0.3 is 9.73 Å². The van der Waals surface area contributed by atoms with E-state index >= 15 is 0 Å². The van der Waals surface area contributed by atoms with Gasteiger partial charge in [0, 0.05) is 24.3 Å². The number of carbonyl (C=O) groups is 1. The highest BCUT2D eigenvalue weighted by Crippen LogP contribution is 2.40. The van der Waals surface area contributed by atoms with Gasteiger partial charge in [-0.15, -0.1) is 11.3 Å². The van der Waals surface area contributed by atoms with E-state index < -0.39 is 5.76 Å². The van der Waals surface area contributed by atoms with Crippen molar-refractivity contribution in [2.45, 2.75) is 31.7 Å². The maximum absolute atomic E-state index is 12.1. The summed E-state index contributed by atoms with van der Waals surface area (Å²) in [5.74, 6) is -0.0177. The first kappa shape index (κ1) is 14.2. The number of nitrogens with zero attached hydrogens (tertiary/aromatic N) is 2. The van der Waals surface area contributed by atoms with Crippen molar-refractivity contribution >= 4 is 33.5 Å². The normalized spacial score (nSPS) is 14.3. The number of aromatic nitrogens is 2. The number of hydrogen-bond donors (Lipinski definition) is 1. The van der Waals surface area contributed by atoms with Crippen molar-refractivity contribution in [1.82, 2.24) is 9.55 Å². The molecule has 0 spiro atoms. The van der Waals surface area contributed by atoms with Crippen molar-refractivity contribution in [3.63, 3.8) is 0 Å². The molecular weight excluding hydrogens is 314 g/mol. The molecule has 4 rings (SSSR count). The first-order valence-corrected chi connectivity index (χ1v) is 8.42. The highest BCUT2D eigenvalue weighted by Gasteiger charge is 2.26. The molecule has 2 heterocycles. The van der Waals surface area contributed by atoms with Crippen LogP contribution in [0.3, 0.4) is 0 Å². The predicted molar refractivity (Wildman–Crippen MR) is 87.8 cm³/mol. The highest BCUT2D eigenvalue weighted by atomic mass is 32.1. The topological polar surface area (TPSA) is 77.1 Å². The molecule has 1 amide bonds. The highest BCUT2D eigenvalue weighted by molar-refractivity contribution is 7.13. The molecule has 2 aromatic heterocycles. The quantitative estimate of drug-likeness (QED) is 0.781. The largest absolute Gasteiger partial charge is 0.419 e. The number of anilines is 1. The van der Waals surface area contributed by atoms with Crippen LogP contribution in [0.4, 0.5) is 5.13 Å². The van der Waals surface area contributed by atoms with E-state index in [-0.39, 0.29) is 18.9 Å². The van der Waals surface area contributed by atoms with Gasteiger partial charge in [-0.05, 0) is 25.0 Å². The fraction of sp³-hybridized carbons (Fsp3) is 0.312. The van der Waals surface area contributed by atoms with Crippen LogP contribution in [-0.2, 0) is 11.3 Å². The molecule has 0 aliphatic heterocycles. The summed E-state index contributed by atoms with van der Waals surface area (Å²) in [4.78, 5) is 28.3. The molecular formula is C16H15N3O3S. The van der Waals surface area contributed by atoms with Crippen molar-refractivity contribution in [2.75, 3.05) is 5.32 Å². The van der Waals surface area contributed by atoms with Crippen molar-refractivity contribution < 1.29 is 9.21 Å². The zero-order chi connectivity index (χ0) is 15.8. The van der Waals surface area contributed by atoms with Crippen LogP contribution in [0.2, 0.25) is 0 Å². The summed E-state index contributed by atoms with van der Waals surface area (Å²) in [6.45, 7) is 0.280. The summed E-state index contributed by atoms with van der Waals surface area (Å²) in [5, 5.41) is 5.42. The summed E-state index contributed by atoms with van der Waals surface area (Å²) in [7, 11) is 0. The maximum atomic E-state index is 12.1. The Morgan fingerprint density at radius 1 is 1.39 bits per heavy atom. The average molecular weight is 329 g/mol. The fourth-order valence-corrected chi connectivity index (χ4v) is 3.34. The van der Waals surface area contributed by atoms with Crippen LogP contribution in [0, 0.1) is 0 Å². The SMILES string of the molecule is O=C(CCn1c(=O)oc2ccccc21)Nc1nc(C2CC2)cs1. The molecule has 6 nitrogen and oxygen atoms in total. The molecule has 0 atom stereocenters. The van der Waals surface area contributed by atoms with Crippen LogP contribution in [0.25, 0.3) is 11.1 Å². The third-order valence-electron chi connectivity index (χ3n) is 3.90. The lowest BCUT2D eigenvalue weighted by atomic mass is 10.3. The second-order valence-electron chi connectivity index (χ2n) is 5.64. The zero-order valence-corrected chi connectivity index (χ0v) is 13.1. The number of para-hydroxylation sites is 2. The van der Waals surface area contributed by atoms with E-state index in [0.29, 0.717) is 22.1 Å². The molecule has 23 heavy (non-hydrogen) atoms. The minimum Gasteiger partial charge on any atom is -0.408 e. The van der Waals surface area contributed by atoms with E-state index in [1.165, 1.54) is 28.7 Å². The Hall–Kier alpha value is -2.41. The van der Waals surface area contributed by atoms with Gasteiger partial charge in [-0.25, -0.2) is 9.78 Å². The van der Waals surface area contributed by atoms with Crippen molar-refractivity contribution in [3.8, 4) is 0 Å². The maximum Gasteiger partial charge on any atom is 0.419 e. The lowest BCUT2D eigenvalue weighted by Gasteiger charge is -2.03. The smallest absolute Gasteiger partial charge is 0.408 e. The molecule has 1 aromatic carbocycles. The third-order valence-corrected chi connectivity index (χ3v) is 4.68. The first-order chi connectivity index (χ1) is 11.2. The van der Waals surface area contributed by atoms with Crippen molar-refractivity contribution in [3.05, 3.63) is 45.9 Å². The molecule has 1 fully saturated rings. The summed E-state index contributed by atoms with van der Waals surface area (Å²) in [6, 6.07) is 7.19. The van der Waals surface area contributed by atoms with Gasteiger partial charge in [-0.2, -0.15) is 0 Å². The molecule has 1 N–H and O–H groups in total. The van der Waals surface area contributed by atoms with Gasteiger partial charge in [0.25, 0.3) is 0 Å². The molecule has 118 valence electrons. The zero-order valence-electron chi connectivity index (χ0n) is 12.3. The van der Waals surface area contributed by atoms with Gasteiger partial charge in [0.05, 0.1) is 11.2 Å². The number of thiazole rings is 1. The van der Waals surface area contributed by atoms with Crippen molar-refractivity contribution in [2.24, 2.45) is 0 Å². The molecule has 0 saturated heterocycles. The molecule has 0 radical (unpaired) electrons. The first-order valence-electron chi connectivity index (χ1n) is 7.54. The lowest BCUT2D eigenvalue weighted by Crippen LogP contribution is -2.19. The van der Waals surface area contributed by atoms with E-state index in [0.717, 1.165) is 5.69 Å². The number of carbonyl (C=O) groups excluding carboxylic acids is 1. The molecule has 0 unspecified atom stereocenters. The van der Waals surface area contributed by atoms with Crippen molar-refractivity contribution in [1.29, 1.82) is 0 Å². The molecule has 1 aliphatic carbocycles.